The maximum atomic E-state index is 14.8. The first kappa shape index (κ1) is 20.3. The summed E-state index contributed by atoms with van der Waals surface area (Å²) in [5.74, 6) is -6.73. The predicted molar refractivity (Wildman–Crippen MR) is 91.9 cm³/mol. The molecule has 6 nitrogen and oxygen atoms in total. The Morgan fingerprint density at radius 3 is 2.54 bits per heavy atom. The first-order valence-corrected chi connectivity index (χ1v) is 9.86. The average molecular weight is 419 g/mol. The molecule has 1 amide bonds. The van der Waals surface area contributed by atoms with Crippen LogP contribution in [0.25, 0.3) is 0 Å². The maximum absolute atomic E-state index is 14.8. The first-order valence-electron chi connectivity index (χ1n) is 8.20. The van der Waals surface area contributed by atoms with Gasteiger partial charge in [0.05, 0.1) is 5.75 Å². The van der Waals surface area contributed by atoms with E-state index < -0.39 is 68.0 Å². The predicted octanol–water partition coefficient (Wildman–Crippen LogP) is 3.16. The number of anilines is 1. The van der Waals surface area contributed by atoms with Gasteiger partial charge < -0.3 is 9.88 Å². The summed E-state index contributed by atoms with van der Waals surface area (Å²) < 4.78 is 80.3. The van der Waals surface area contributed by atoms with Crippen molar-refractivity contribution in [1.29, 1.82) is 0 Å². The van der Waals surface area contributed by atoms with E-state index in [1.807, 2.05) is 0 Å². The topological polar surface area (TPSA) is 81.1 Å². The number of hydrogen-bond donors (Lipinski definition) is 1. The van der Waals surface area contributed by atoms with Crippen LogP contribution in [0.4, 0.5) is 23.2 Å². The molecular weight excluding hydrogens is 402 g/mol. The number of nitrogens with zero attached hydrogens (tertiary/aromatic N) is 2. The molecule has 11 heteroatoms. The molecule has 28 heavy (non-hydrogen) atoms. The fourth-order valence-electron chi connectivity index (χ4n) is 3.55. The summed E-state index contributed by atoms with van der Waals surface area (Å²) in [6.45, 7) is 1.40. The summed E-state index contributed by atoms with van der Waals surface area (Å²) in [5, 5.41) is 2.25. The molecule has 0 atom stereocenters. The van der Waals surface area contributed by atoms with Gasteiger partial charge in [0.15, 0.2) is 15.7 Å². The molecule has 2 aromatic rings. The smallest absolute Gasteiger partial charge is 0.275 e. The van der Waals surface area contributed by atoms with Crippen molar-refractivity contribution < 1.29 is 30.8 Å². The second-order valence-corrected chi connectivity index (χ2v) is 9.33. The third-order valence-corrected chi connectivity index (χ3v) is 6.56. The number of carbonyl (C=O) groups excluding carboxylic acids is 1. The van der Waals surface area contributed by atoms with Crippen LogP contribution in [0, 0.1) is 17.2 Å². The van der Waals surface area contributed by atoms with Crippen LogP contribution < -0.4 is 5.32 Å². The Balaban J connectivity index is 1.86. The zero-order valence-corrected chi connectivity index (χ0v) is 15.8. The minimum atomic E-state index is -4.25. The maximum Gasteiger partial charge on any atom is 0.275 e. The number of pyridine rings is 1. The van der Waals surface area contributed by atoms with E-state index in [4.69, 9.17) is 0 Å². The van der Waals surface area contributed by atoms with Crippen molar-refractivity contribution in [3.8, 4) is 0 Å². The van der Waals surface area contributed by atoms with Gasteiger partial charge in [-0.1, -0.05) is 6.92 Å². The van der Waals surface area contributed by atoms with Gasteiger partial charge in [-0.25, -0.2) is 26.6 Å². The summed E-state index contributed by atoms with van der Waals surface area (Å²) in [7, 11) is -2.99. The van der Waals surface area contributed by atoms with Gasteiger partial charge in [0.25, 0.3) is 5.91 Å². The number of aromatic nitrogens is 2. The monoisotopic (exact) mass is 419 g/mol. The molecular formula is C17H17F4N3O3S. The number of hydrogen-bond acceptors (Lipinski definition) is 4. The average Bonchev–Trinajstić information content (AvgIpc) is 2.80. The largest absolute Gasteiger partial charge is 0.343 e. The van der Waals surface area contributed by atoms with Gasteiger partial charge in [0.1, 0.15) is 10.6 Å². The van der Waals surface area contributed by atoms with Crippen LogP contribution in [-0.2, 0) is 16.9 Å². The van der Waals surface area contributed by atoms with Crippen LogP contribution in [0.5, 0.6) is 0 Å². The highest BCUT2D eigenvalue weighted by atomic mass is 32.2. The molecule has 1 N–H and O–H groups in total. The van der Waals surface area contributed by atoms with Gasteiger partial charge in [-0.3, -0.25) is 4.79 Å². The Labute approximate surface area is 158 Å². The van der Waals surface area contributed by atoms with Crippen molar-refractivity contribution in [3.05, 3.63) is 42.0 Å². The summed E-state index contributed by atoms with van der Waals surface area (Å²) >= 11 is 0. The number of halogens is 4. The van der Waals surface area contributed by atoms with Gasteiger partial charge in [-0.15, -0.1) is 0 Å². The zero-order valence-electron chi connectivity index (χ0n) is 15.0. The van der Waals surface area contributed by atoms with E-state index in [9.17, 15) is 30.8 Å². The minimum Gasteiger partial charge on any atom is -0.343 e. The third-order valence-electron chi connectivity index (χ3n) is 4.53. The Bertz CT molecular complexity index is 1040. The quantitative estimate of drug-likeness (QED) is 0.596. The summed E-state index contributed by atoms with van der Waals surface area (Å²) in [5.41, 5.74) is -1.74. The number of aryl methyl sites for hydroxylation is 1. The Kier molecular flexibility index (Phi) is 4.77. The molecule has 1 saturated carbocycles. The van der Waals surface area contributed by atoms with Crippen molar-refractivity contribution in [3.63, 3.8) is 0 Å². The van der Waals surface area contributed by atoms with Crippen LogP contribution in [0.2, 0.25) is 0 Å². The van der Waals surface area contributed by atoms with Crippen LogP contribution in [0.15, 0.2) is 29.4 Å². The molecule has 0 unspecified atom stereocenters. The fraction of sp³-hybridized carbons (Fsp3) is 0.412. The minimum absolute atomic E-state index is 0.00622. The second kappa shape index (κ2) is 6.57. The molecule has 1 aliphatic carbocycles. The highest BCUT2D eigenvalue weighted by Crippen LogP contribution is 2.52. The normalized spacial score (nSPS) is 17.8. The van der Waals surface area contributed by atoms with E-state index in [0.717, 1.165) is 23.0 Å². The second-order valence-electron chi connectivity index (χ2n) is 7.37. The lowest BCUT2D eigenvalue weighted by Gasteiger charge is -2.44. The molecule has 0 spiro atoms. The third kappa shape index (κ3) is 3.89. The van der Waals surface area contributed by atoms with E-state index in [1.54, 1.807) is 0 Å². The lowest BCUT2D eigenvalue weighted by Crippen LogP contribution is -2.47. The molecule has 3 rings (SSSR count). The molecule has 1 aliphatic rings. The summed E-state index contributed by atoms with van der Waals surface area (Å²) in [6.07, 6.45) is 0.813. The fourth-order valence-corrected chi connectivity index (χ4v) is 5.52. The molecule has 2 heterocycles. The molecule has 1 fully saturated rings. The Morgan fingerprint density at radius 1 is 1.32 bits per heavy atom. The van der Waals surface area contributed by atoms with Gasteiger partial charge >= 0.3 is 0 Å². The van der Waals surface area contributed by atoms with Gasteiger partial charge in [-0.05, 0) is 11.5 Å². The standard InChI is InChI=1S/C17H17F4N3O3S/c1-16(7-17(20,21)8-16)9-28(26,27)11-6-24(2)14(13(11)19)15(25)23-10-3-4-22-12(18)5-10/h3-6H,7-9H2,1-2H3,(H,22,23,25). The zero-order chi connectivity index (χ0) is 20.9. The summed E-state index contributed by atoms with van der Waals surface area (Å²) in [4.78, 5) is 14.9. The number of sulfone groups is 1. The molecule has 0 saturated heterocycles. The van der Waals surface area contributed by atoms with Crippen LogP contribution in [-0.4, -0.2) is 35.6 Å². The first-order chi connectivity index (χ1) is 12.8. The molecule has 152 valence electrons. The Hall–Kier alpha value is -2.43. The number of alkyl halides is 2. The van der Waals surface area contributed by atoms with Gasteiger partial charge in [0.2, 0.25) is 11.9 Å². The lowest BCUT2D eigenvalue weighted by molar-refractivity contribution is -0.144. The van der Waals surface area contributed by atoms with Crippen LogP contribution >= 0.6 is 0 Å². The summed E-state index contributed by atoms with van der Waals surface area (Å²) in [6, 6.07) is 2.19. The van der Waals surface area contributed by atoms with Crippen LogP contribution in [0.1, 0.15) is 30.3 Å². The van der Waals surface area contributed by atoms with Gasteiger partial charge in [-0.2, -0.15) is 4.39 Å². The van der Waals surface area contributed by atoms with E-state index in [-0.39, 0.29) is 5.69 Å². The molecule has 0 aliphatic heterocycles. The van der Waals surface area contributed by atoms with E-state index in [2.05, 4.69) is 10.3 Å². The number of rotatable bonds is 5. The van der Waals surface area contributed by atoms with Crippen molar-refractivity contribution in [2.24, 2.45) is 12.5 Å². The van der Waals surface area contributed by atoms with Crippen molar-refractivity contribution >= 4 is 21.4 Å². The van der Waals surface area contributed by atoms with E-state index >= 15 is 0 Å². The molecule has 0 bridgehead atoms. The van der Waals surface area contributed by atoms with Crippen LogP contribution in [0.3, 0.4) is 0 Å². The molecule has 0 aromatic carbocycles. The highest BCUT2D eigenvalue weighted by Gasteiger charge is 2.55. The van der Waals surface area contributed by atoms with E-state index in [1.165, 1.54) is 20.0 Å². The lowest BCUT2D eigenvalue weighted by atomic mass is 9.69. The Morgan fingerprint density at radius 2 is 1.96 bits per heavy atom. The van der Waals surface area contributed by atoms with Crippen molar-refractivity contribution in [2.45, 2.75) is 30.6 Å². The van der Waals surface area contributed by atoms with E-state index in [0.29, 0.717) is 0 Å². The SMILES string of the molecule is Cn1cc(S(=O)(=O)CC2(C)CC(F)(F)C2)c(F)c1C(=O)Nc1ccnc(F)c1. The van der Waals surface area contributed by atoms with Gasteiger partial charge in [0, 0.05) is 44.0 Å². The molecule has 0 radical (unpaired) electrons. The number of amides is 1. The highest BCUT2D eigenvalue weighted by molar-refractivity contribution is 7.91. The number of carbonyl (C=O) groups is 1. The number of nitrogens with one attached hydrogen (secondary N) is 1. The van der Waals surface area contributed by atoms with Crippen molar-refractivity contribution in [2.75, 3.05) is 11.1 Å². The molecule has 2 aromatic heterocycles. The van der Waals surface area contributed by atoms with Crippen molar-refractivity contribution in [1.82, 2.24) is 9.55 Å².